The van der Waals surface area contributed by atoms with Crippen LogP contribution in [0.2, 0.25) is 0 Å². The van der Waals surface area contributed by atoms with Gasteiger partial charge < -0.3 is 30.0 Å². The van der Waals surface area contributed by atoms with Crippen LogP contribution in [0.3, 0.4) is 0 Å². The van der Waals surface area contributed by atoms with Crippen molar-refractivity contribution in [3.05, 3.63) is 35.9 Å². The second-order valence-corrected chi connectivity index (χ2v) is 11.3. The van der Waals surface area contributed by atoms with E-state index in [4.69, 9.17) is 14.2 Å². The zero-order valence-electron chi connectivity index (χ0n) is 24.6. The molecule has 0 radical (unpaired) electrons. The van der Waals surface area contributed by atoms with Gasteiger partial charge in [0.1, 0.15) is 17.8 Å². The van der Waals surface area contributed by atoms with Crippen molar-refractivity contribution in [2.45, 2.75) is 97.5 Å². The lowest BCUT2D eigenvalue weighted by molar-refractivity contribution is -0.137. The molecule has 0 saturated carbocycles. The number of nitrogens with zero attached hydrogens (tertiary/aromatic N) is 1. The molecule has 0 aliphatic rings. The van der Waals surface area contributed by atoms with Crippen LogP contribution >= 0.6 is 0 Å². The number of alkyl carbamates (subject to hydrolysis) is 2. The maximum Gasteiger partial charge on any atom is 0.424 e. The Labute approximate surface area is 237 Å². The summed E-state index contributed by atoms with van der Waals surface area (Å²) in [6, 6.07) is 8.39. The molecule has 0 fully saturated rings. The van der Waals surface area contributed by atoms with E-state index in [2.05, 4.69) is 16.1 Å². The minimum Gasteiger partial charge on any atom is -0.481 e. The number of hydrogen-bond acceptors (Lipinski definition) is 8. The number of unbranched alkanes of at least 4 members (excludes halogenated alkanes) is 3. The Bertz CT molecular complexity index is 928. The number of hydrogen-bond donors (Lipinski definition) is 4. The molecular weight excluding hydrogens is 520 g/mol. The summed E-state index contributed by atoms with van der Waals surface area (Å²) in [5.41, 5.74) is 2.44. The molecule has 3 amide bonds. The Hall–Kier alpha value is -3.54. The number of carbonyl (C=O) groups excluding carboxylic acids is 3. The normalized spacial score (nSPS) is 12.2. The van der Waals surface area contributed by atoms with Crippen molar-refractivity contribution in [2.75, 3.05) is 19.6 Å². The predicted molar refractivity (Wildman–Crippen MR) is 149 cm³/mol. The van der Waals surface area contributed by atoms with Gasteiger partial charge in [-0.1, -0.05) is 43.2 Å². The highest BCUT2D eigenvalue weighted by molar-refractivity contribution is 5.71. The minimum absolute atomic E-state index is 0.0359. The van der Waals surface area contributed by atoms with Crippen molar-refractivity contribution < 1.29 is 38.5 Å². The molecule has 40 heavy (non-hydrogen) atoms. The largest absolute Gasteiger partial charge is 0.481 e. The lowest BCUT2D eigenvalue weighted by Gasteiger charge is -2.27. The van der Waals surface area contributed by atoms with Gasteiger partial charge in [-0.15, -0.1) is 0 Å². The quantitative estimate of drug-likeness (QED) is 0.136. The van der Waals surface area contributed by atoms with Crippen LogP contribution in [0.4, 0.5) is 14.4 Å². The molecule has 0 spiro atoms. The maximum absolute atomic E-state index is 12.9. The molecule has 1 rings (SSSR count). The molecule has 1 aromatic carbocycles. The number of carboxylic acid groups (broad SMARTS) is 1. The van der Waals surface area contributed by atoms with Crippen LogP contribution in [0.1, 0.15) is 79.2 Å². The average molecular weight is 567 g/mol. The van der Waals surface area contributed by atoms with E-state index in [9.17, 15) is 24.3 Å². The third kappa shape index (κ3) is 17.9. The van der Waals surface area contributed by atoms with E-state index < -0.39 is 41.5 Å². The van der Waals surface area contributed by atoms with Gasteiger partial charge in [-0.2, -0.15) is 0 Å². The summed E-state index contributed by atoms with van der Waals surface area (Å²) in [7, 11) is 0. The molecule has 0 aliphatic carbocycles. The summed E-state index contributed by atoms with van der Waals surface area (Å²) < 4.78 is 15.9. The Morgan fingerprint density at radius 3 is 2.08 bits per heavy atom. The van der Waals surface area contributed by atoms with Crippen LogP contribution < -0.4 is 16.1 Å². The summed E-state index contributed by atoms with van der Waals surface area (Å²) >= 11 is 0. The van der Waals surface area contributed by atoms with Crippen molar-refractivity contribution in [1.82, 2.24) is 21.1 Å². The standard InChI is InChI=1S/C28H46N4O8/c1-27(2,3)39-24(35)29-16-12-7-8-13-17-32(26(37)38-20-21-14-10-9-11-15-21)30-19-22(18-23(33)34)31-25(36)40-28(4,5)6/h9-11,14-15,22,30H,7-8,12-13,16-20H2,1-6H3,(H,29,35)(H,31,36)(H,33,34)/t22-/m0/s1. The van der Waals surface area contributed by atoms with Crippen molar-refractivity contribution in [3.8, 4) is 0 Å². The fraction of sp³-hybridized carbons (Fsp3) is 0.643. The van der Waals surface area contributed by atoms with E-state index in [1.165, 1.54) is 5.01 Å². The highest BCUT2D eigenvalue weighted by Crippen LogP contribution is 2.09. The molecule has 0 bridgehead atoms. The van der Waals surface area contributed by atoms with Gasteiger partial charge in [0.15, 0.2) is 0 Å². The van der Waals surface area contributed by atoms with Crippen molar-refractivity contribution >= 4 is 24.2 Å². The number of aliphatic carboxylic acids is 1. The van der Waals surface area contributed by atoms with E-state index in [1.807, 2.05) is 30.3 Å². The zero-order chi connectivity index (χ0) is 30.2. The molecule has 4 N–H and O–H groups in total. The van der Waals surface area contributed by atoms with E-state index >= 15 is 0 Å². The number of hydrazine groups is 1. The van der Waals surface area contributed by atoms with Gasteiger partial charge in [0.2, 0.25) is 0 Å². The summed E-state index contributed by atoms with van der Waals surface area (Å²) in [6.07, 6.45) is 0.748. The van der Waals surface area contributed by atoms with E-state index in [0.717, 1.165) is 24.8 Å². The summed E-state index contributed by atoms with van der Waals surface area (Å²) in [5.74, 6) is -1.11. The molecule has 0 aromatic heterocycles. The van der Waals surface area contributed by atoms with Crippen LogP contribution in [0.15, 0.2) is 30.3 Å². The first-order valence-corrected chi connectivity index (χ1v) is 13.5. The Kier molecular flexibility index (Phi) is 14.8. The van der Waals surface area contributed by atoms with Crippen LogP contribution in [0, 0.1) is 0 Å². The van der Waals surface area contributed by atoms with E-state index in [-0.39, 0.29) is 19.6 Å². The molecular formula is C28H46N4O8. The average Bonchev–Trinajstić information content (AvgIpc) is 2.81. The van der Waals surface area contributed by atoms with Crippen LogP contribution in [0.25, 0.3) is 0 Å². The van der Waals surface area contributed by atoms with Crippen LogP contribution in [-0.2, 0) is 25.6 Å². The van der Waals surface area contributed by atoms with Crippen molar-refractivity contribution in [2.24, 2.45) is 0 Å². The molecule has 226 valence electrons. The Morgan fingerprint density at radius 1 is 0.875 bits per heavy atom. The highest BCUT2D eigenvalue weighted by Gasteiger charge is 2.23. The van der Waals surface area contributed by atoms with Gasteiger partial charge in [-0.3, -0.25) is 4.79 Å². The smallest absolute Gasteiger partial charge is 0.424 e. The molecule has 0 saturated heterocycles. The number of nitrogens with one attached hydrogen (secondary N) is 3. The summed E-state index contributed by atoms with van der Waals surface area (Å²) in [4.78, 5) is 48.2. The van der Waals surface area contributed by atoms with Gasteiger partial charge >= 0.3 is 24.2 Å². The van der Waals surface area contributed by atoms with E-state index in [1.54, 1.807) is 41.5 Å². The van der Waals surface area contributed by atoms with Gasteiger partial charge in [-0.25, -0.2) is 24.8 Å². The molecule has 0 aliphatic heterocycles. The molecule has 12 nitrogen and oxygen atoms in total. The van der Waals surface area contributed by atoms with Gasteiger partial charge in [0, 0.05) is 19.6 Å². The number of carboxylic acids is 1. The van der Waals surface area contributed by atoms with Gasteiger partial charge in [0.05, 0.1) is 12.5 Å². The molecule has 0 heterocycles. The predicted octanol–water partition coefficient (Wildman–Crippen LogP) is 4.58. The van der Waals surface area contributed by atoms with Gasteiger partial charge in [0.25, 0.3) is 0 Å². The molecule has 1 aromatic rings. The number of amides is 3. The summed E-state index contributed by atoms with van der Waals surface area (Å²) in [5, 5.41) is 15.8. The lowest BCUT2D eigenvalue weighted by Crippen LogP contribution is -2.51. The molecule has 12 heteroatoms. The molecule has 1 atom stereocenters. The first-order chi connectivity index (χ1) is 18.6. The number of benzene rings is 1. The third-order valence-corrected chi connectivity index (χ3v) is 5.07. The first kappa shape index (κ1) is 34.5. The number of carbonyl (C=O) groups is 4. The zero-order valence-corrected chi connectivity index (χ0v) is 24.6. The fourth-order valence-corrected chi connectivity index (χ4v) is 3.36. The first-order valence-electron chi connectivity index (χ1n) is 13.5. The number of ether oxygens (including phenoxy) is 3. The maximum atomic E-state index is 12.9. The monoisotopic (exact) mass is 566 g/mol. The highest BCUT2D eigenvalue weighted by atomic mass is 16.6. The SMILES string of the molecule is CC(C)(C)OC(=O)NCCCCCCN(NC[C@H](CC(=O)O)NC(=O)OC(C)(C)C)C(=O)OCc1ccccc1. The second kappa shape index (κ2) is 17.2. The summed E-state index contributed by atoms with van der Waals surface area (Å²) in [6.45, 7) is 11.3. The van der Waals surface area contributed by atoms with Crippen molar-refractivity contribution in [1.29, 1.82) is 0 Å². The minimum atomic E-state index is -1.11. The van der Waals surface area contributed by atoms with Crippen molar-refractivity contribution in [3.63, 3.8) is 0 Å². The lowest BCUT2D eigenvalue weighted by atomic mass is 10.2. The van der Waals surface area contributed by atoms with Crippen LogP contribution in [-0.4, -0.2) is 71.2 Å². The molecule has 0 unspecified atom stereocenters. The van der Waals surface area contributed by atoms with E-state index in [0.29, 0.717) is 19.5 Å². The second-order valence-electron chi connectivity index (χ2n) is 11.3. The third-order valence-electron chi connectivity index (χ3n) is 5.07. The Morgan fingerprint density at radius 2 is 1.48 bits per heavy atom. The van der Waals surface area contributed by atoms with Crippen LogP contribution in [0.5, 0.6) is 0 Å². The van der Waals surface area contributed by atoms with Gasteiger partial charge in [-0.05, 0) is 59.9 Å². The fourth-order valence-electron chi connectivity index (χ4n) is 3.36. The number of rotatable bonds is 15. The topological polar surface area (TPSA) is 156 Å². The Balaban J connectivity index is 2.65.